The van der Waals surface area contributed by atoms with E-state index in [2.05, 4.69) is 14.9 Å². The summed E-state index contributed by atoms with van der Waals surface area (Å²) in [5.74, 6) is 0.929. The molecule has 3 heterocycles. The Morgan fingerprint density at radius 3 is 2.85 bits per heavy atom. The summed E-state index contributed by atoms with van der Waals surface area (Å²) in [7, 11) is 0. The van der Waals surface area contributed by atoms with Crippen LogP contribution in [0.2, 0.25) is 0 Å². The van der Waals surface area contributed by atoms with Crippen molar-refractivity contribution in [2.24, 2.45) is 0 Å². The van der Waals surface area contributed by atoms with E-state index in [4.69, 9.17) is 4.98 Å². The monoisotopic (exact) mass is 348 g/mol. The van der Waals surface area contributed by atoms with Gasteiger partial charge in [0.05, 0.1) is 5.69 Å². The van der Waals surface area contributed by atoms with Crippen LogP contribution in [0, 0.1) is 6.92 Å². The SMILES string of the molecule is Cc1cc(O)cc(O)c1CN1CCc2nc(-c3cccnc3)ncc2C1. The summed E-state index contributed by atoms with van der Waals surface area (Å²) in [6.07, 6.45) is 6.23. The van der Waals surface area contributed by atoms with Crippen LogP contribution in [-0.2, 0) is 19.5 Å². The molecule has 132 valence electrons. The van der Waals surface area contributed by atoms with Gasteiger partial charge in [0, 0.05) is 67.4 Å². The molecule has 4 rings (SSSR count). The Morgan fingerprint density at radius 1 is 1.19 bits per heavy atom. The van der Waals surface area contributed by atoms with Crippen LogP contribution in [0.1, 0.15) is 22.4 Å². The van der Waals surface area contributed by atoms with Crippen molar-refractivity contribution in [3.8, 4) is 22.9 Å². The molecule has 0 atom stereocenters. The fraction of sp³-hybridized carbons (Fsp3) is 0.250. The summed E-state index contributed by atoms with van der Waals surface area (Å²) in [4.78, 5) is 15.6. The van der Waals surface area contributed by atoms with E-state index in [1.807, 2.05) is 25.3 Å². The average molecular weight is 348 g/mol. The van der Waals surface area contributed by atoms with E-state index in [0.29, 0.717) is 12.4 Å². The summed E-state index contributed by atoms with van der Waals surface area (Å²) in [5, 5.41) is 19.7. The van der Waals surface area contributed by atoms with Crippen molar-refractivity contribution < 1.29 is 10.2 Å². The van der Waals surface area contributed by atoms with Gasteiger partial charge in [-0.3, -0.25) is 9.88 Å². The third kappa shape index (κ3) is 3.23. The van der Waals surface area contributed by atoms with E-state index < -0.39 is 0 Å². The third-order valence-electron chi connectivity index (χ3n) is 4.75. The number of rotatable bonds is 3. The lowest BCUT2D eigenvalue weighted by atomic mass is 10.0. The Labute approximate surface area is 151 Å². The minimum Gasteiger partial charge on any atom is -0.508 e. The molecule has 26 heavy (non-hydrogen) atoms. The lowest BCUT2D eigenvalue weighted by Crippen LogP contribution is -2.31. The molecule has 0 saturated heterocycles. The molecule has 3 aromatic rings. The van der Waals surface area contributed by atoms with E-state index in [-0.39, 0.29) is 11.5 Å². The smallest absolute Gasteiger partial charge is 0.160 e. The summed E-state index contributed by atoms with van der Waals surface area (Å²) in [6.45, 7) is 4.12. The molecular weight excluding hydrogens is 328 g/mol. The van der Waals surface area contributed by atoms with Gasteiger partial charge in [-0.25, -0.2) is 9.97 Å². The highest BCUT2D eigenvalue weighted by molar-refractivity contribution is 5.53. The maximum absolute atomic E-state index is 10.1. The minimum absolute atomic E-state index is 0.0871. The number of hydrogen-bond acceptors (Lipinski definition) is 6. The number of aryl methyl sites for hydroxylation is 1. The molecule has 0 bridgehead atoms. The van der Waals surface area contributed by atoms with Crippen LogP contribution in [0.25, 0.3) is 11.4 Å². The van der Waals surface area contributed by atoms with Gasteiger partial charge in [-0.15, -0.1) is 0 Å². The molecule has 1 aliphatic rings. The predicted octanol–water partition coefficient (Wildman–Crippen LogP) is 2.82. The third-order valence-corrected chi connectivity index (χ3v) is 4.75. The molecular formula is C20H20N4O2. The van der Waals surface area contributed by atoms with Crippen molar-refractivity contribution in [3.05, 3.63) is 65.2 Å². The van der Waals surface area contributed by atoms with Crippen molar-refractivity contribution >= 4 is 0 Å². The van der Waals surface area contributed by atoms with Gasteiger partial charge in [0.15, 0.2) is 5.82 Å². The Morgan fingerprint density at radius 2 is 2.08 bits per heavy atom. The zero-order chi connectivity index (χ0) is 18.1. The molecule has 0 radical (unpaired) electrons. The largest absolute Gasteiger partial charge is 0.508 e. The first kappa shape index (κ1) is 16.5. The summed E-state index contributed by atoms with van der Waals surface area (Å²) >= 11 is 0. The number of phenols is 2. The first-order valence-corrected chi connectivity index (χ1v) is 8.59. The molecule has 6 heteroatoms. The lowest BCUT2D eigenvalue weighted by molar-refractivity contribution is 0.239. The molecule has 0 spiro atoms. The standard InChI is InChI=1S/C20H20N4O2/c1-13-7-16(25)8-19(26)17(13)12-24-6-4-18-15(11-24)10-22-20(23-18)14-3-2-5-21-9-14/h2-3,5,7-10,25-26H,4,6,11-12H2,1H3. The topological polar surface area (TPSA) is 82.4 Å². The maximum atomic E-state index is 10.1. The lowest BCUT2D eigenvalue weighted by Gasteiger charge is -2.28. The Bertz CT molecular complexity index is 921. The fourth-order valence-corrected chi connectivity index (χ4v) is 3.35. The van der Waals surface area contributed by atoms with E-state index in [1.165, 1.54) is 6.07 Å². The highest BCUT2D eigenvalue weighted by Crippen LogP contribution is 2.29. The van der Waals surface area contributed by atoms with Gasteiger partial charge in [0.25, 0.3) is 0 Å². The number of nitrogens with zero attached hydrogens (tertiary/aromatic N) is 4. The van der Waals surface area contributed by atoms with Gasteiger partial charge < -0.3 is 10.2 Å². The first-order chi connectivity index (χ1) is 12.6. The van der Waals surface area contributed by atoms with Crippen molar-refractivity contribution in [2.75, 3.05) is 6.54 Å². The van der Waals surface area contributed by atoms with Crippen LogP contribution in [0.4, 0.5) is 0 Å². The zero-order valence-electron chi connectivity index (χ0n) is 14.6. The van der Waals surface area contributed by atoms with Crippen LogP contribution >= 0.6 is 0 Å². The summed E-state index contributed by atoms with van der Waals surface area (Å²) < 4.78 is 0. The molecule has 1 aliphatic heterocycles. The highest BCUT2D eigenvalue weighted by atomic mass is 16.3. The number of fused-ring (bicyclic) bond motifs is 1. The second-order valence-electron chi connectivity index (χ2n) is 6.63. The van der Waals surface area contributed by atoms with Gasteiger partial charge in [0.1, 0.15) is 11.5 Å². The van der Waals surface area contributed by atoms with Crippen molar-refractivity contribution in [1.82, 2.24) is 19.9 Å². The Balaban J connectivity index is 1.54. The van der Waals surface area contributed by atoms with Gasteiger partial charge in [-0.2, -0.15) is 0 Å². The van der Waals surface area contributed by atoms with Gasteiger partial charge >= 0.3 is 0 Å². The quantitative estimate of drug-likeness (QED) is 0.757. The summed E-state index contributed by atoms with van der Waals surface area (Å²) in [6, 6.07) is 6.91. The second kappa shape index (κ2) is 6.72. The molecule has 0 unspecified atom stereocenters. The van der Waals surface area contributed by atoms with E-state index in [1.54, 1.807) is 18.5 Å². The highest BCUT2D eigenvalue weighted by Gasteiger charge is 2.20. The maximum Gasteiger partial charge on any atom is 0.160 e. The van der Waals surface area contributed by atoms with Crippen LogP contribution in [0.15, 0.2) is 42.9 Å². The zero-order valence-corrected chi connectivity index (χ0v) is 14.6. The second-order valence-corrected chi connectivity index (χ2v) is 6.63. The van der Waals surface area contributed by atoms with Crippen LogP contribution in [0.5, 0.6) is 11.5 Å². The predicted molar refractivity (Wildman–Crippen MR) is 97.6 cm³/mol. The van der Waals surface area contributed by atoms with Crippen LogP contribution in [-0.4, -0.2) is 36.6 Å². The number of pyridine rings is 1. The molecule has 1 aromatic carbocycles. The molecule has 6 nitrogen and oxygen atoms in total. The van der Waals surface area contributed by atoms with Crippen LogP contribution < -0.4 is 0 Å². The molecule has 2 aromatic heterocycles. The van der Waals surface area contributed by atoms with Crippen molar-refractivity contribution in [2.45, 2.75) is 26.4 Å². The minimum atomic E-state index is 0.0871. The Hall–Kier alpha value is -2.99. The molecule has 0 fully saturated rings. The van der Waals surface area contributed by atoms with Gasteiger partial charge in [-0.05, 0) is 30.7 Å². The molecule has 0 saturated carbocycles. The first-order valence-electron chi connectivity index (χ1n) is 8.59. The molecule has 2 N–H and O–H groups in total. The fourth-order valence-electron chi connectivity index (χ4n) is 3.35. The number of hydrogen-bond donors (Lipinski definition) is 2. The van der Waals surface area contributed by atoms with E-state index >= 15 is 0 Å². The average Bonchev–Trinajstić information content (AvgIpc) is 2.65. The number of aromatic nitrogens is 3. The van der Waals surface area contributed by atoms with Crippen molar-refractivity contribution in [3.63, 3.8) is 0 Å². The van der Waals surface area contributed by atoms with Gasteiger partial charge in [0.2, 0.25) is 0 Å². The molecule has 0 amide bonds. The normalized spacial score (nSPS) is 14.2. The number of phenolic OH excluding ortho intramolecular Hbond substituents is 2. The number of benzene rings is 1. The van der Waals surface area contributed by atoms with Crippen molar-refractivity contribution in [1.29, 1.82) is 0 Å². The number of aromatic hydroxyl groups is 2. The van der Waals surface area contributed by atoms with Gasteiger partial charge in [-0.1, -0.05) is 0 Å². The van der Waals surface area contributed by atoms with E-state index in [9.17, 15) is 10.2 Å². The Kier molecular flexibility index (Phi) is 4.26. The molecule has 0 aliphatic carbocycles. The summed E-state index contributed by atoms with van der Waals surface area (Å²) in [5.41, 5.74) is 4.83. The van der Waals surface area contributed by atoms with E-state index in [0.717, 1.165) is 47.5 Å². The van der Waals surface area contributed by atoms with Crippen LogP contribution in [0.3, 0.4) is 0 Å².